The summed E-state index contributed by atoms with van der Waals surface area (Å²) in [4.78, 5) is 102. The zero-order chi connectivity index (χ0) is 46.7. The molecule has 0 bridgehead atoms. The fourth-order valence-corrected chi connectivity index (χ4v) is 9.04. The highest BCUT2D eigenvalue weighted by molar-refractivity contribution is 9.10. The summed E-state index contributed by atoms with van der Waals surface area (Å²) in [5.74, 6) is -0.576. The van der Waals surface area contributed by atoms with Gasteiger partial charge in [0.2, 0.25) is 23.6 Å². The molecule has 17 heteroatoms. The average Bonchev–Trinajstić information content (AvgIpc) is 3.71. The lowest BCUT2D eigenvalue weighted by molar-refractivity contribution is -0.138. The normalized spacial score (nSPS) is 21.8. The van der Waals surface area contributed by atoms with Crippen LogP contribution in [0.15, 0.2) is 40.9 Å². The van der Waals surface area contributed by atoms with Gasteiger partial charge in [0.15, 0.2) is 0 Å². The molecule has 0 aromatic heterocycles. The fraction of sp³-hybridized carbons (Fsp3) is 0.574. The van der Waals surface area contributed by atoms with Crippen LogP contribution < -0.4 is 10.6 Å². The summed E-state index contributed by atoms with van der Waals surface area (Å²) in [5.41, 5.74) is 3.36. The zero-order valence-electron chi connectivity index (χ0n) is 37.9. The first kappa shape index (κ1) is 48.1. The minimum atomic E-state index is -0.599. The van der Waals surface area contributed by atoms with E-state index in [9.17, 15) is 38.4 Å². The van der Waals surface area contributed by atoms with Crippen molar-refractivity contribution in [1.82, 2.24) is 30.2 Å². The number of fused-ring (bicyclic) bond motifs is 2. The van der Waals surface area contributed by atoms with Gasteiger partial charge in [0.05, 0.1) is 0 Å². The molecular formula is C47H61BrN6O10. The van der Waals surface area contributed by atoms with Crippen LogP contribution in [0.2, 0.25) is 0 Å². The van der Waals surface area contributed by atoms with Crippen molar-refractivity contribution in [2.24, 2.45) is 5.92 Å². The van der Waals surface area contributed by atoms with Crippen LogP contribution in [0.3, 0.4) is 0 Å². The first-order valence-electron chi connectivity index (χ1n) is 22.2. The highest BCUT2D eigenvalue weighted by atomic mass is 79.9. The number of nitrogens with zero attached hydrogens (tertiary/aromatic N) is 4. The van der Waals surface area contributed by atoms with Gasteiger partial charge in [-0.3, -0.25) is 39.4 Å². The van der Waals surface area contributed by atoms with E-state index in [2.05, 4.69) is 39.6 Å². The van der Waals surface area contributed by atoms with E-state index in [1.807, 2.05) is 70.7 Å². The lowest BCUT2D eigenvalue weighted by atomic mass is 9.88. The molecule has 16 nitrogen and oxygen atoms in total. The lowest BCUT2D eigenvalue weighted by Crippen LogP contribution is -2.52. The van der Waals surface area contributed by atoms with E-state index >= 15 is 0 Å². The first-order valence-corrected chi connectivity index (χ1v) is 23.0. The summed E-state index contributed by atoms with van der Waals surface area (Å²) in [6.45, 7) is 17.3. The molecule has 2 unspecified atom stereocenters. The number of likely N-dealkylation sites (tertiary alicyclic amines) is 2. The highest BCUT2D eigenvalue weighted by Gasteiger charge is 2.41. The van der Waals surface area contributed by atoms with E-state index in [0.29, 0.717) is 56.1 Å². The van der Waals surface area contributed by atoms with Gasteiger partial charge < -0.3 is 29.1 Å². The van der Waals surface area contributed by atoms with E-state index in [1.54, 1.807) is 20.8 Å². The third kappa shape index (κ3) is 12.1. The quantitative estimate of drug-likeness (QED) is 0.325. The molecule has 346 valence electrons. The average molecular weight is 950 g/mol. The molecule has 0 spiro atoms. The van der Waals surface area contributed by atoms with Crippen LogP contribution in [0.5, 0.6) is 0 Å². The highest BCUT2D eigenvalue weighted by Crippen LogP contribution is 2.34. The molecule has 2 aromatic carbocycles. The van der Waals surface area contributed by atoms with Gasteiger partial charge in [-0.2, -0.15) is 0 Å². The summed E-state index contributed by atoms with van der Waals surface area (Å²) in [6, 6.07) is 10.2. The molecule has 2 aromatic rings. The summed E-state index contributed by atoms with van der Waals surface area (Å²) in [5, 5.41) is 4.61. The monoisotopic (exact) mass is 948 g/mol. The van der Waals surface area contributed by atoms with Gasteiger partial charge in [-0.15, -0.1) is 0 Å². The Bertz CT molecular complexity index is 2170. The van der Waals surface area contributed by atoms with E-state index in [-0.39, 0.29) is 60.2 Å². The van der Waals surface area contributed by atoms with Crippen molar-refractivity contribution < 1.29 is 47.8 Å². The third-order valence-electron chi connectivity index (χ3n) is 12.1. The van der Waals surface area contributed by atoms with E-state index < -0.39 is 23.6 Å². The van der Waals surface area contributed by atoms with Crippen LogP contribution >= 0.6 is 15.9 Å². The standard InChI is InChI=1S/C23H29N3O5.C13H11BrN2O3.C11H21NO2/c1-23(2,3)31-22(30)25-10-8-14(9-11-25)15-4-5-17-16(12-15)13-26(21(17)29)18-6-7-19(27)24-20(18)28;14-8-1-2-9-7(5-8)6-16(13(9)19)10-3-4-11(17)15-12(10)18;1-9-5-7-12(8-6-9)10(13)14-11(2,3)4/h4-5,12,14,18H,6-11,13H2,1-3H3,(H,24,27,28);1-2,5,10H,3-4,6H2,(H,15,17,18);9H,5-8H2,1-4H3. The molecule has 8 rings (SSSR count). The van der Waals surface area contributed by atoms with E-state index in [4.69, 9.17) is 9.47 Å². The van der Waals surface area contributed by atoms with Crippen LogP contribution in [0, 0.1) is 5.92 Å². The molecule has 8 amide bonds. The van der Waals surface area contributed by atoms with Gasteiger partial charge in [-0.05, 0) is 133 Å². The Kier molecular flexibility index (Phi) is 14.9. The number of imide groups is 2. The molecule has 4 fully saturated rings. The van der Waals surface area contributed by atoms with E-state index in [0.717, 1.165) is 65.9 Å². The molecule has 6 aliphatic rings. The molecule has 0 aliphatic carbocycles. The van der Waals surface area contributed by atoms with Gasteiger partial charge in [-0.25, -0.2) is 9.59 Å². The molecule has 6 heterocycles. The van der Waals surface area contributed by atoms with Gasteiger partial charge in [-0.1, -0.05) is 35.0 Å². The molecule has 0 radical (unpaired) electrons. The maximum Gasteiger partial charge on any atom is 0.410 e. The number of benzene rings is 2. The predicted octanol–water partition coefficient (Wildman–Crippen LogP) is 6.43. The van der Waals surface area contributed by atoms with Gasteiger partial charge in [0, 0.05) is 67.7 Å². The Morgan fingerprint density at radius 2 is 1.03 bits per heavy atom. The molecule has 4 saturated heterocycles. The van der Waals surface area contributed by atoms with E-state index in [1.165, 1.54) is 0 Å². The Morgan fingerprint density at radius 1 is 0.609 bits per heavy atom. The first-order chi connectivity index (χ1) is 30.1. The number of hydrogen-bond donors (Lipinski definition) is 2. The minimum absolute atomic E-state index is 0.142. The van der Waals surface area contributed by atoms with Crippen LogP contribution in [-0.2, 0) is 41.7 Å². The Balaban J connectivity index is 0.000000175. The van der Waals surface area contributed by atoms with Crippen molar-refractivity contribution in [3.8, 4) is 0 Å². The summed E-state index contributed by atoms with van der Waals surface area (Å²) in [7, 11) is 0. The maximum absolute atomic E-state index is 12.8. The second-order valence-electron chi connectivity index (χ2n) is 19.4. The Morgan fingerprint density at radius 3 is 1.47 bits per heavy atom. The number of nitrogens with one attached hydrogen (secondary N) is 2. The number of halogens is 1. The second-order valence-corrected chi connectivity index (χ2v) is 20.3. The van der Waals surface area contributed by atoms with Crippen molar-refractivity contribution >= 4 is 63.6 Å². The maximum atomic E-state index is 12.8. The SMILES string of the molecule is CC(C)(C)OC(=O)N1CCC(c2ccc3c(c2)CN(C2CCC(=O)NC2=O)C3=O)CC1.CC1CCN(C(=O)OC(C)(C)C)CC1.O=C1CCC(N2Cc3cc(Br)ccc3C2=O)C(=O)N1. The predicted molar refractivity (Wildman–Crippen MR) is 239 cm³/mol. The summed E-state index contributed by atoms with van der Waals surface area (Å²) in [6.07, 6.45) is 4.71. The fourth-order valence-electron chi connectivity index (χ4n) is 8.63. The van der Waals surface area contributed by atoms with Crippen LogP contribution in [0.1, 0.15) is 143 Å². The number of hydrogen-bond acceptors (Lipinski definition) is 10. The van der Waals surface area contributed by atoms with Gasteiger partial charge >= 0.3 is 12.2 Å². The Labute approximate surface area is 383 Å². The lowest BCUT2D eigenvalue weighted by Gasteiger charge is -2.33. The molecule has 2 atom stereocenters. The van der Waals surface area contributed by atoms with Crippen LogP contribution in [0.4, 0.5) is 9.59 Å². The van der Waals surface area contributed by atoms with Crippen molar-refractivity contribution in [3.05, 3.63) is 68.7 Å². The third-order valence-corrected chi connectivity index (χ3v) is 12.6. The molecule has 64 heavy (non-hydrogen) atoms. The number of piperidine rings is 4. The van der Waals surface area contributed by atoms with Crippen LogP contribution in [-0.4, -0.2) is 117 Å². The number of amides is 8. The largest absolute Gasteiger partial charge is 0.444 e. The van der Waals surface area contributed by atoms with Crippen molar-refractivity contribution in [1.29, 1.82) is 0 Å². The summed E-state index contributed by atoms with van der Waals surface area (Å²) < 4.78 is 11.7. The molecule has 6 aliphatic heterocycles. The Hall–Kier alpha value is -5.32. The molecule has 2 N–H and O–H groups in total. The topological polar surface area (TPSA) is 192 Å². The summed E-state index contributed by atoms with van der Waals surface area (Å²) >= 11 is 3.37. The minimum Gasteiger partial charge on any atom is -0.444 e. The second kappa shape index (κ2) is 19.8. The number of ether oxygens (including phenoxy) is 2. The number of carbonyl (C=O) groups excluding carboxylic acids is 8. The number of rotatable bonds is 3. The van der Waals surface area contributed by atoms with Crippen LogP contribution in [0.25, 0.3) is 0 Å². The number of carbonyl (C=O) groups is 8. The molecule has 0 saturated carbocycles. The van der Waals surface area contributed by atoms with Crippen molar-refractivity contribution in [3.63, 3.8) is 0 Å². The zero-order valence-corrected chi connectivity index (χ0v) is 39.5. The van der Waals surface area contributed by atoms with Gasteiger partial charge in [0.25, 0.3) is 11.8 Å². The smallest absolute Gasteiger partial charge is 0.410 e. The van der Waals surface area contributed by atoms with Crippen molar-refractivity contribution in [2.75, 3.05) is 26.2 Å². The van der Waals surface area contributed by atoms with Gasteiger partial charge in [0.1, 0.15) is 23.3 Å². The van der Waals surface area contributed by atoms with Crippen molar-refractivity contribution in [2.45, 2.75) is 142 Å². The molecular weight excluding hydrogens is 888 g/mol.